The zero-order valence-electron chi connectivity index (χ0n) is 10.1. The van der Waals surface area contributed by atoms with Gasteiger partial charge in [-0.2, -0.15) is 0 Å². The second-order valence-corrected chi connectivity index (χ2v) is 4.33. The van der Waals surface area contributed by atoms with Crippen LogP contribution >= 0.6 is 0 Å². The van der Waals surface area contributed by atoms with Gasteiger partial charge in [-0.05, 0) is 19.1 Å². The third kappa shape index (κ3) is 1.33. The van der Waals surface area contributed by atoms with E-state index in [0.29, 0.717) is 5.75 Å². The summed E-state index contributed by atoms with van der Waals surface area (Å²) < 4.78 is 7.08. The van der Waals surface area contributed by atoms with Crippen LogP contribution in [0.15, 0.2) is 29.1 Å². The van der Waals surface area contributed by atoms with Crippen LogP contribution in [0.3, 0.4) is 0 Å². The first kappa shape index (κ1) is 10.8. The lowest BCUT2D eigenvalue weighted by atomic mass is 10.1. The van der Waals surface area contributed by atoms with Crippen molar-refractivity contribution in [1.29, 1.82) is 0 Å². The fraction of sp³-hybridized carbons (Fsp3) is 0.231. The summed E-state index contributed by atoms with van der Waals surface area (Å²) in [6.07, 6.45) is -0.590. The topological polar surface area (TPSA) is 60.3 Å². The second kappa shape index (κ2) is 3.60. The molecule has 0 radical (unpaired) electrons. The Morgan fingerprint density at radius 3 is 2.78 bits per heavy atom. The van der Waals surface area contributed by atoms with Gasteiger partial charge in [0.1, 0.15) is 0 Å². The first-order chi connectivity index (χ1) is 8.59. The lowest BCUT2D eigenvalue weighted by Gasteiger charge is -2.24. The van der Waals surface area contributed by atoms with Gasteiger partial charge < -0.3 is 14.6 Å². The molecule has 1 atom stereocenters. The van der Waals surface area contributed by atoms with E-state index in [1.165, 1.54) is 4.57 Å². The maximum Gasteiger partial charge on any atom is 0.278 e. The molecule has 2 heterocycles. The maximum absolute atomic E-state index is 12.1. The van der Waals surface area contributed by atoms with Crippen LogP contribution in [0.1, 0.15) is 6.92 Å². The quantitative estimate of drug-likeness (QED) is 0.759. The van der Waals surface area contributed by atoms with Crippen molar-refractivity contribution in [3.05, 3.63) is 34.6 Å². The molecule has 92 valence electrons. The van der Waals surface area contributed by atoms with E-state index in [2.05, 4.69) is 5.32 Å². The number of hydrogen-bond acceptors (Lipinski definition) is 3. The SMILES string of the molecule is C[C@@H]1Oc2c(c(=O)n(C)c3ccccc23)NC1=O. The average molecular weight is 244 g/mol. The zero-order valence-corrected chi connectivity index (χ0v) is 10.1. The molecule has 1 aromatic heterocycles. The largest absolute Gasteiger partial charge is 0.478 e. The molecule has 0 saturated heterocycles. The lowest BCUT2D eigenvalue weighted by Crippen LogP contribution is -2.38. The predicted molar refractivity (Wildman–Crippen MR) is 67.9 cm³/mol. The number of aryl methyl sites for hydroxylation is 1. The van der Waals surface area contributed by atoms with Crippen LogP contribution < -0.4 is 15.6 Å². The highest BCUT2D eigenvalue weighted by molar-refractivity contribution is 6.02. The van der Waals surface area contributed by atoms with Crippen LogP contribution in [0, 0.1) is 0 Å². The van der Waals surface area contributed by atoms with E-state index in [9.17, 15) is 9.59 Å². The molecule has 2 aromatic rings. The van der Waals surface area contributed by atoms with Gasteiger partial charge in [0.15, 0.2) is 17.5 Å². The molecule has 1 amide bonds. The third-order valence-corrected chi connectivity index (χ3v) is 3.17. The molecule has 5 nitrogen and oxygen atoms in total. The number of nitrogens with one attached hydrogen (secondary N) is 1. The van der Waals surface area contributed by atoms with Crippen molar-refractivity contribution >= 4 is 22.5 Å². The molecule has 0 fully saturated rings. The number of pyridine rings is 1. The average Bonchev–Trinajstić information content (AvgIpc) is 2.38. The van der Waals surface area contributed by atoms with Crippen molar-refractivity contribution in [2.75, 3.05) is 5.32 Å². The van der Waals surface area contributed by atoms with E-state index in [-0.39, 0.29) is 17.2 Å². The Bertz CT molecular complexity index is 718. The van der Waals surface area contributed by atoms with Gasteiger partial charge in [-0.25, -0.2) is 0 Å². The number of carbonyl (C=O) groups is 1. The number of nitrogens with zero attached hydrogens (tertiary/aromatic N) is 1. The summed E-state index contributed by atoms with van der Waals surface area (Å²) in [6, 6.07) is 7.45. The van der Waals surface area contributed by atoms with Gasteiger partial charge in [0.05, 0.1) is 5.52 Å². The first-order valence-corrected chi connectivity index (χ1v) is 5.69. The Hall–Kier alpha value is -2.30. The predicted octanol–water partition coefficient (Wildman–Crippen LogP) is 1.26. The van der Waals surface area contributed by atoms with Gasteiger partial charge in [0, 0.05) is 12.4 Å². The number of anilines is 1. The number of benzene rings is 1. The minimum absolute atomic E-state index is 0.222. The highest BCUT2D eigenvalue weighted by Crippen LogP contribution is 2.33. The first-order valence-electron chi connectivity index (χ1n) is 5.69. The Kier molecular flexibility index (Phi) is 2.16. The summed E-state index contributed by atoms with van der Waals surface area (Å²) in [5, 5.41) is 3.43. The Labute approximate surface area is 103 Å². The van der Waals surface area contributed by atoms with Crippen LogP contribution in [-0.2, 0) is 11.8 Å². The van der Waals surface area contributed by atoms with Crippen molar-refractivity contribution in [1.82, 2.24) is 4.57 Å². The van der Waals surface area contributed by atoms with E-state index >= 15 is 0 Å². The second-order valence-electron chi connectivity index (χ2n) is 4.33. The van der Waals surface area contributed by atoms with Gasteiger partial charge in [0.25, 0.3) is 11.5 Å². The Morgan fingerprint density at radius 1 is 1.28 bits per heavy atom. The molecule has 0 spiro atoms. The number of carbonyl (C=O) groups excluding carboxylic acids is 1. The number of amides is 1. The van der Waals surface area contributed by atoms with Crippen molar-refractivity contribution in [3.63, 3.8) is 0 Å². The maximum atomic E-state index is 12.1. The molecule has 1 aliphatic heterocycles. The smallest absolute Gasteiger partial charge is 0.278 e. The molecule has 3 rings (SSSR count). The molecule has 1 aromatic carbocycles. The van der Waals surface area contributed by atoms with Crippen molar-refractivity contribution in [2.45, 2.75) is 13.0 Å². The molecular formula is C13H12N2O3. The van der Waals surface area contributed by atoms with Gasteiger partial charge in [-0.3, -0.25) is 9.59 Å². The third-order valence-electron chi connectivity index (χ3n) is 3.17. The molecule has 0 bridgehead atoms. The molecule has 1 N–H and O–H groups in total. The highest BCUT2D eigenvalue weighted by atomic mass is 16.5. The van der Waals surface area contributed by atoms with E-state index < -0.39 is 6.10 Å². The summed E-state index contributed by atoms with van der Waals surface area (Å²) in [7, 11) is 1.68. The fourth-order valence-corrected chi connectivity index (χ4v) is 2.15. The van der Waals surface area contributed by atoms with Crippen molar-refractivity contribution in [2.24, 2.45) is 7.05 Å². The molecule has 0 aliphatic carbocycles. The van der Waals surface area contributed by atoms with Gasteiger partial charge in [-0.15, -0.1) is 0 Å². The highest BCUT2D eigenvalue weighted by Gasteiger charge is 2.28. The van der Waals surface area contributed by atoms with E-state index in [4.69, 9.17) is 4.74 Å². The van der Waals surface area contributed by atoms with E-state index in [1.54, 1.807) is 14.0 Å². The number of rotatable bonds is 0. The summed E-state index contributed by atoms with van der Waals surface area (Å²) in [5.74, 6) is 0.163. The molecule has 5 heteroatoms. The standard InChI is InChI=1S/C13H12N2O3/c1-7-12(16)14-10-11(18-7)8-5-3-4-6-9(8)15(2)13(10)17/h3-7H,1-2H3,(H,14,16)/t7-/m0/s1. The number of ether oxygens (including phenoxy) is 1. The van der Waals surface area contributed by atoms with Crippen LogP contribution in [0.4, 0.5) is 5.69 Å². The summed E-state index contributed by atoms with van der Waals surface area (Å²) in [5.41, 5.74) is 0.743. The number of fused-ring (bicyclic) bond motifs is 3. The fourth-order valence-electron chi connectivity index (χ4n) is 2.15. The zero-order chi connectivity index (χ0) is 12.9. The van der Waals surface area contributed by atoms with Crippen molar-refractivity contribution in [3.8, 4) is 5.75 Å². The summed E-state index contributed by atoms with van der Waals surface area (Å²) >= 11 is 0. The normalized spacial score (nSPS) is 18.1. The van der Waals surface area contributed by atoms with E-state index in [0.717, 1.165) is 10.9 Å². The lowest BCUT2D eigenvalue weighted by molar-refractivity contribution is -0.122. The van der Waals surface area contributed by atoms with Crippen molar-refractivity contribution < 1.29 is 9.53 Å². The van der Waals surface area contributed by atoms with Crippen LogP contribution in [0.25, 0.3) is 10.9 Å². The summed E-state index contributed by atoms with van der Waals surface area (Å²) in [6.45, 7) is 1.66. The molecule has 0 saturated carbocycles. The van der Waals surface area contributed by atoms with Crippen LogP contribution in [-0.4, -0.2) is 16.6 Å². The minimum atomic E-state index is -0.590. The monoisotopic (exact) mass is 244 g/mol. The van der Waals surface area contributed by atoms with Gasteiger partial charge in [-0.1, -0.05) is 12.1 Å². The molecule has 18 heavy (non-hydrogen) atoms. The Morgan fingerprint density at radius 2 is 2.00 bits per heavy atom. The number of hydrogen-bond donors (Lipinski definition) is 1. The Balaban J connectivity index is 2.43. The summed E-state index contributed by atoms with van der Waals surface area (Å²) in [4.78, 5) is 23.7. The number of aromatic nitrogens is 1. The van der Waals surface area contributed by atoms with Crippen LogP contribution in [0.2, 0.25) is 0 Å². The van der Waals surface area contributed by atoms with Gasteiger partial charge in [0.2, 0.25) is 0 Å². The molecule has 0 unspecified atom stereocenters. The molecular weight excluding hydrogens is 232 g/mol. The number of para-hydroxylation sites is 1. The van der Waals surface area contributed by atoms with E-state index in [1.807, 2.05) is 24.3 Å². The van der Waals surface area contributed by atoms with Crippen LogP contribution in [0.5, 0.6) is 5.75 Å². The van der Waals surface area contributed by atoms with Gasteiger partial charge >= 0.3 is 0 Å². The molecule has 1 aliphatic rings. The minimum Gasteiger partial charge on any atom is -0.478 e.